The molecule has 18 heavy (non-hydrogen) atoms. The Kier molecular flexibility index (Phi) is 3.76. The molecule has 0 aromatic carbocycles. The van der Waals surface area contributed by atoms with Crippen LogP contribution in [-0.4, -0.2) is 46.2 Å². The Labute approximate surface area is 105 Å². The molecule has 1 fully saturated rings. The van der Waals surface area contributed by atoms with Crippen LogP contribution in [0, 0.1) is 0 Å². The lowest BCUT2D eigenvalue weighted by molar-refractivity contribution is 0.0619. The second-order valence-electron chi connectivity index (χ2n) is 4.76. The Morgan fingerprint density at radius 1 is 1.50 bits per heavy atom. The molecule has 2 heterocycles. The van der Waals surface area contributed by atoms with E-state index in [1.807, 2.05) is 18.7 Å². The lowest BCUT2D eigenvalue weighted by Gasteiger charge is -2.31. The smallest absolute Gasteiger partial charge is 0.274 e. The standard InChI is InChI=1S/C12H18N4O2/c1-8(2)16(9-5-6-13-7-9)12(18)10-3-4-11(17)15-14-10/h3-4,8-9,13H,5-7H2,1-2H3,(H,15,17). The van der Waals surface area contributed by atoms with Crippen molar-refractivity contribution in [2.24, 2.45) is 0 Å². The van der Waals surface area contributed by atoms with Crippen LogP contribution in [0.5, 0.6) is 0 Å². The van der Waals surface area contributed by atoms with Crippen LogP contribution in [0.15, 0.2) is 16.9 Å². The molecule has 0 bridgehead atoms. The maximum Gasteiger partial charge on any atom is 0.274 e. The van der Waals surface area contributed by atoms with Crippen LogP contribution in [0.1, 0.15) is 30.8 Å². The van der Waals surface area contributed by atoms with Gasteiger partial charge in [0, 0.05) is 24.7 Å². The molecule has 0 radical (unpaired) electrons. The molecule has 6 nitrogen and oxygen atoms in total. The van der Waals surface area contributed by atoms with Gasteiger partial charge in [0.1, 0.15) is 5.69 Å². The van der Waals surface area contributed by atoms with Gasteiger partial charge in [0.25, 0.3) is 11.5 Å². The summed E-state index contributed by atoms with van der Waals surface area (Å²) in [6.07, 6.45) is 0.952. The van der Waals surface area contributed by atoms with E-state index in [1.165, 1.54) is 12.1 Å². The first kappa shape index (κ1) is 12.8. The minimum Gasteiger partial charge on any atom is -0.331 e. The summed E-state index contributed by atoms with van der Waals surface area (Å²) in [5.74, 6) is -0.130. The fourth-order valence-electron chi connectivity index (χ4n) is 2.29. The van der Waals surface area contributed by atoms with Crippen molar-refractivity contribution in [3.63, 3.8) is 0 Å². The quantitative estimate of drug-likeness (QED) is 0.790. The van der Waals surface area contributed by atoms with E-state index in [0.717, 1.165) is 19.5 Å². The fourth-order valence-corrected chi connectivity index (χ4v) is 2.29. The number of rotatable bonds is 3. The second kappa shape index (κ2) is 5.30. The van der Waals surface area contributed by atoms with Crippen molar-refractivity contribution in [3.05, 3.63) is 28.2 Å². The Morgan fingerprint density at radius 3 is 2.78 bits per heavy atom. The molecular formula is C12H18N4O2. The molecule has 1 amide bonds. The first-order chi connectivity index (χ1) is 8.59. The van der Waals surface area contributed by atoms with Crippen molar-refractivity contribution in [2.75, 3.05) is 13.1 Å². The highest BCUT2D eigenvalue weighted by Crippen LogP contribution is 2.15. The Morgan fingerprint density at radius 2 is 2.28 bits per heavy atom. The average molecular weight is 250 g/mol. The number of hydrogen-bond donors (Lipinski definition) is 2. The molecule has 1 saturated heterocycles. The van der Waals surface area contributed by atoms with Crippen LogP contribution in [0.25, 0.3) is 0 Å². The van der Waals surface area contributed by atoms with E-state index in [0.29, 0.717) is 0 Å². The van der Waals surface area contributed by atoms with Gasteiger partial charge in [-0.05, 0) is 32.9 Å². The number of nitrogens with one attached hydrogen (secondary N) is 2. The largest absolute Gasteiger partial charge is 0.331 e. The molecule has 1 aliphatic rings. The topological polar surface area (TPSA) is 78.1 Å². The number of carbonyl (C=O) groups excluding carboxylic acids is 1. The van der Waals surface area contributed by atoms with Crippen LogP contribution in [0.3, 0.4) is 0 Å². The molecule has 6 heteroatoms. The minimum atomic E-state index is -0.301. The Hall–Kier alpha value is -1.69. The summed E-state index contributed by atoms with van der Waals surface area (Å²) in [6.45, 7) is 5.72. The van der Waals surface area contributed by atoms with Gasteiger partial charge in [-0.2, -0.15) is 5.10 Å². The number of amides is 1. The highest BCUT2D eigenvalue weighted by Gasteiger charge is 2.29. The Balaban J connectivity index is 2.22. The number of hydrogen-bond acceptors (Lipinski definition) is 4. The molecular weight excluding hydrogens is 232 g/mol. The average Bonchev–Trinajstić information content (AvgIpc) is 2.83. The molecule has 1 atom stereocenters. The molecule has 1 aromatic rings. The zero-order valence-electron chi connectivity index (χ0n) is 10.6. The predicted molar refractivity (Wildman–Crippen MR) is 67.4 cm³/mol. The molecule has 1 aliphatic heterocycles. The summed E-state index contributed by atoms with van der Waals surface area (Å²) in [5.41, 5.74) is -0.0135. The minimum absolute atomic E-state index is 0.108. The molecule has 0 aliphatic carbocycles. The lowest BCUT2D eigenvalue weighted by atomic mass is 10.1. The van der Waals surface area contributed by atoms with Crippen molar-refractivity contribution in [1.29, 1.82) is 0 Å². The number of nitrogens with zero attached hydrogens (tertiary/aromatic N) is 2. The summed E-state index contributed by atoms with van der Waals surface area (Å²) in [5, 5.41) is 9.35. The van der Waals surface area contributed by atoms with E-state index in [4.69, 9.17) is 0 Å². The van der Waals surface area contributed by atoms with Crippen molar-refractivity contribution in [1.82, 2.24) is 20.4 Å². The van der Waals surface area contributed by atoms with Crippen LogP contribution in [0.4, 0.5) is 0 Å². The summed E-state index contributed by atoms with van der Waals surface area (Å²) < 4.78 is 0. The fraction of sp³-hybridized carbons (Fsp3) is 0.583. The SMILES string of the molecule is CC(C)N(C(=O)c1ccc(=O)[nH]n1)C1CCNC1. The van der Waals surface area contributed by atoms with Gasteiger partial charge in [-0.3, -0.25) is 9.59 Å². The van der Waals surface area contributed by atoms with Crippen molar-refractivity contribution in [2.45, 2.75) is 32.4 Å². The van der Waals surface area contributed by atoms with E-state index in [9.17, 15) is 9.59 Å². The lowest BCUT2D eigenvalue weighted by Crippen LogP contribution is -2.46. The summed E-state index contributed by atoms with van der Waals surface area (Å²) in [6, 6.07) is 3.10. The molecule has 2 rings (SSSR count). The predicted octanol–water partition coefficient (Wildman–Crippen LogP) is -0.0176. The van der Waals surface area contributed by atoms with Crippen LogP contribution < -0.4 is 10.9 Å². The third kappa shape index (κ3) is 2.59. The van der Waals surface area contributed by atoms with Gasteiger partial charge >= 0.3 is 0 Å². The van der Waals surface area contributed by atoms with Gasteiger partial charge in [0.15, 0.2) is 0 Å². The van der Waals surface area contributed by atoms with Crippen molar-refractivity contribution < 1.29 is 4.79 Å². The summed E-state index contributed by atoms with van der Waals surface area (Å²) in [7, 11) is 0. The zero-order chi connectivity index (χ0) is 13.1. The number of aromatic amines is 1. The first-order valence-electron chi connectivity index (χ1n) is 6.18. The van der Waals surface area contributed by atoms with Gasteiger partial charge in [-0.15, -0.1) is 0 Å². The van der Waals surface area contributed by atoms with Gasteiger partial charge < -0.3 is 10.2 Å². The maximum absolute atomic E-state index is 12.4. The van der Waals surface area contributed by atoms with Crippen LogP contribution >= 0.6 is 0 Å². The highest BCUT2D eigenvalue weighted by atomic mass is 16.2. The molecule has 1 aromatic heterocycles. The number of H-pyrrole nitrogens is 1. The van der Waals surface area contributed by atoms with Crippen molar-refractivity contribution in [3.8, 4) is 0 Å². The normalized spacial score (nSPS) is 19.2. The van der Waals surface area contributed by atoms with Crippen molar-refractivity contribution >= 4 is 5.91 Å². The number of aromatic nitrogens is 2. The number of carbonyl (C=O) groups is 1. The molecule has 0 saturated carbocycles. The third-order valence-electron chi connectivity index (χ3n) is 3.12. The Bertz CT molecular complexity index is 457. The summed E-state index contributed by atoms with van der Waals surface area (Å²) >= 11 is 0. The third-order valence-corrected chi connectivity index (χ3v) is 3.12. The zero-order valence-corrected chi connectivity index (χ0v) is 10.6. The second-order valence-corrected chi connectivity index (χ2v) is 4.76. The van der Waals surface area contributed by atoms with E-state index in [1.54, 1.807) is 0 Å². The van der Waals surface area contributed by atoms with Gasteiger partial charge in [-0.1, -0.05) is 0 Å². The van der Waals surface area contributed by atoms with E-state index in [-0.39, 0.29) is 29.2 Å². The van der Waals surface area contributed by atoms with Gasteiger partial charge in [0.05, 0.1) is 0 Å². The van der Waals surface area contributed by atoms with Crippen LogP contribution in [0.2, 0.25) is 0 Å². The molecule has 1 unspecified atom stereocenters. The molecule has 2 N–H and O–H groups in total. The molecule has 98 valence electrons. The first-order valence-corrected chi connectivity index (χ1v) is 6.18. The maximum atomic E-state index is 12.4. The van der Waals surface area contributed by atoms with Crippen LogP contribution in [-0.2, 0) is 0 Å². The van der Waals surface area contributed by atoms with Gasteiger partial charge in [-0.25, -0.2) is 5.10 Å². The highest BCUT2D eigenvalue weighted by molar-refractivity contribution is 5.92. The van der Waals surface area contributed by atoms with E-state index in [2.05, 4.69) is 15.5 Å². The molecule has 0 spiro atoms. The van der Waals surface area contributed by atoms with E-state index >= 15 is 0 Å². The van der Waals surface area contributed by atoms with Gasteiger partial charge in [0.2, 0.25) is 0 Å². The van der Waals surface area contributed by atoms with E-state index < -0.39 is 0 Å². The monoisotopic (exact) mass is 250 g/mol. The summed E-state index contributed by atoms with van der Waals surface area (Å²) in [4.78, 5) is 25.2.